The van der Waals surface area contributed by atoms with Crippen molar-refractivity contribution in [1.82, 2.24) is 4.98 Å². The maximum atomic E-state index is 12.6. The molecule has 0 saturated carbocycles. The second kappa shape index (κ2) is 6.26. The van der Waals surface area contributed by atoms with Crippen LogP contribution in [-0.4, -0.2) is 23.3 Å². The molecule has 5 heteroatoms. The van der Waals surface area contributed by atoms with Crippen LogP contribution in [0.3, 0.4) is 0 Å². The van der Waals surface area contributed by atoms with Crippen molar-refractivity contribution in [2.75, 3.05) is 16.8 Å². The summed E-state index contributed by atoms with van der Waals surface area (Å²) in [6.07, 6.45) is 0.798. The van der Waals surface area contributed by atoms with Crippen molar-refractivity contribution >= 4 is 34.1 Å². The van der Waals surface area contributed by atoms with Gasteiger partial charge in [0.25, 0.3) is 5.91 Å². The van der Waals surface area contributed by atoms with E-state index in [0.29, 0.717) is 17.9 Å². The van der Waals surface area contributed by atoms with Crippen LogP contribution >= 0.6 is 0 Å². The summed E-state index contributed by atoms with van der Waals surface area (Å²) in [5, 5.41) is 3.92. The number of carbonyl (C=O) groups is 2. The maximum absolute atomic E-state index is 12.6. The molecule has 4 rings (SSSR count). The number of hydrogen-bond donors (Lipinski definition) is 1. The number of benzene rings is 2. The molecule has 0 atom stereocenters. The lowest BCUT2D eigenvalue weighted by atomic mass is 10.1. The van der Waals surface area contributed by atoms with E-state index in [0.717, 1.165) is 34.1 Å². The van der Waals surface area contributed by atoms with E-state index in [2.05, 4.69) is 10.3 Å². The molecule has 1 aliphatic rings. The van der Waals surface area contributed by atoms with Gasteiger partial charge in [0.1, 0.15) is 5.69 Å². The van der Waals surface area contributed by atoms with Crippen LogP contribution < -0.4 is 10.2 Å². The van der Waals surface area contributed by atoms with Crippen molar-refractivity contribution in [2.45, 2.75) is 20.3 Å². The Hall–Kier alpha value is -3.21. The number of nitrogens with zero attached hydrogens (tertiary/aromatic N) is 2. The van der Waals surface area contributed by atoms with Gasteiger partial charge in [-0.2, -0.15) is 0 Å². The average molecular weight is 345 g/mol. The fourth-order valence-corrected chi connectivity index (χ4v) is 3.37. The summed E-state index contributed by atoms with van der Waals surface area (Å²) in [7, 11) is 0. The normalized spacial score (nSPS) is 12.9. The third kappa shape index (κ3) is 2.92. The smallest absolute Gasteiger partial charge is 0.274 e. The van der Waals surface area contributed by atoms with Crippen LogP contribution in [0.25, 0.3) is 10.9 Å². The fourth-order valence-electron chi connectivity index (χ4n) is 3.37. The molecule has 2 heterocycles. The Labute approximate surface area is 151 Å². The Bertz CT molecular complexity index is 1040. The van der Waals surface area contributed by atoms with Gasteiger partial charge in [0.05, 0.1) is 5.52 Å². The summed E-state index contributed by atoms with van der Waals surface area (Å²) in [5.41, 5.74) is 5.05. The number of carbonyl (C=O) groups excluding carboxylic acids is 2. The van der Waals surface area contributed by atoms with Crippen molar-refractivity contribution in [3.05, 3.63) is 65.4 Å². The molecule has 130 valence electrons. The highest BCUT2D eigenvalue weighted by atomic mass is 16.2. The SMILES string of the molecule is CC(=O)N1CCc2cc(NC(=O)c3ccc4cc(C)ccc4n3)ccc21. The first-order valence-electron chi connectivity index (χ1n) is 8.61. The predicted molar refractivity (Wildman–Crippen MR) is 103 cm³/mol. The lowest BCUT2D eigenvalue weighted by molar-refractivity contribution is -0.116. The minimum atomic E-state index is -0.242. The van der Waals surface area contributed by atoms with E-state index >= 15 is 0 Å². The van der Waals surface area contributed by atoms with E-state index in [1.165, 1.54) is 0 Å². The summed E-state index contributed by atoms with van der Waals surface area (Å²) in [4.78, 5) is 30.4. The Kier molecular flexibility index (Phi) is 3.92. The zero-order valence-corrected chi connectivity index (χ0v) is 14.7. The van der Waals surface area contributed by atoms with Gasteiger partial charge in [0.15, 0.2) is 0 Å². The molecule has 5 nitrogen and oxygen atoms in total. The number of aryl methyl sites for hydroxylation is 1. The van der Waals surface area contributed by atoms with E-state index in [1.54, 1.807) is 17.9 Å². The van der Waals surface area contributed by atoms with Crippen molar-refractivity contribution in [2.24, 2.45) is 0 Å². The molecule has 0 radical (unpaired) electrons. The van der Waals surface area contributed by atoms with E-state index < -0.39 is 0 Å². The van der Waals surface area contributed by atoms with Crippen LogP contribution in [-0.2, 0) is 11.2 Å². The summed E-state index contributed by atoms with van der Waals surface area (Å²) >= 11 is 0. The molecule has 0 spiro atoms. The van der Waals surface area contributed by atoms with E-state index in [9.17, 15) is 9.59 Å². The standard InChI is InChI=1S/C21H19N3O2/c1-13-3-6-18-15(11-13)4-7-19(23-18)21(26)22-17-5-8-20-16(12-17)9-10-24(20)14(2)25/h3-8,11-12H,9-10H2,1-2H3,(H,22,26). The molecule has 2 aromatic carbocycles. The molecule has 0 fully saturated rings. The number of fused-ring (bicyclic) bond motifs is 2. The van der Waals surface area contributed by atoms with E-state index in [4.69, 9.17) is 0 Å². The molecule has 1 aromatic heterocycles. The number of nitrogens with one attached hydrogen (secondary N) is 1. The topological polar surface area (TPSA) is 62.3 Å². The number of aromatic nitrogens is 1. The lowest BCUT2D eigenvalue weighted by Gasteiger charge is -2.15. The highest BCUT2D eigenvalue weighted by molar-refractivity contribution is 6.04. The van der Waals surface area contributed by atoms with Crippen molar-refractivity contribution in [1.29, 1.82) is 0 Å². The van der Waals surface area contributed by atoms with E-state index in [-0.39, 0.29) is 11.8 Å². The minimum Gasteiger partial charge on any atom is -0.321 e. The number of rotatable bonds is 2. The quantitative estimate of drug-likeness (QED) is 0.770. The largest absolute Gasteiger partial charge is 0.321 e. The summed E-state index contributed by atoms with van der Waals surface area (Å²) < 4.78 is 0. The van der Waals surface area contributed by atoms with Crippen LogP contribution in [0.5, 0.6) is 0 Å². The van der Waals surface area contributed by atoms with Gasteiger partial charge in [0.2, 0.25) is 5.91 Å². The van der Waals surface area contributed by atoms with Gasteiger partial charge in [-0.3, -0.25) is 9.59 Å². The van der Waals surface area contributed by atoms with Crippen molar-refractivity contribution < 1.29 is 9.59 Å². The molecule has 0 unspecified atom stereocenters. The molecule has 0 bridgehead atoms. The average Bonchev–Trinajstić information content (AvgIpc) is 3.04. The third-order valence-electron chi connectivity index (χ3n) is 4.69. The van der Waals surface area contributed by atoms with Gasteiger partial charge in [-0.1, -0.05) is 17.7 Å². The molecule has 26 heavy (non-hydrogen) atoms. The molecular weight excluding hydrogens is 326 g/mol. The molecule has 0 saturated heterocycles. The highest BCUT2D eigenvalue weighted by Gasteiger charge is 2.22. The second-order valence-corrected chi connectivity index (χ2v) is 6.61. The van der Waals surface area contributed by atoms with Gasteiger partial charge in [0, 0.05) is 30.2 Å². The molecule has 0 aliphatic carbocycles. The Morgan fingerprint density at radius 1 is 1.08 bits per heavy atom. The van der Waals surface area contributed by atoms with Gasteiger partial charge < -0.3 is 10.2 Å². The molecule has 1 N–H and O–H groups in total. The first kappa shape index (κ1) is 16.3. The Morgan fingerprint density at radius 2 is 1.92 bits per heavy atom. The van der Waals surface area contributed by atoms with Crippen LogP contribution in [0.2, 0.25) is 0 Å². The first-order chi connectivity index (χ1) is 12.5. The zero-order valence-electron chi connectivity index (χ0n) is 14.7. The van der Waals surface area contributed by atoms with Gasteiger partial charge in [-0.25, -0.2) is 4.98 Å². The lowest BCUT2D eigenvalue weighted by Crippen LogP contribution is -2.25. The van der Waals surface area contributed by atoms with Crippen LogP contribution in [0.15, 0.2) is 48.5 Å². The first-order valence-corrected chi connectivity index (χ1v) is 8.61. The van der Waals surface area contributed by atoms with Gasteiger partial charge in [-0.05, 0) is 55.3 Å². The minimum absolute atomic E-state index is 0.0381. The maximum Gasteiger partial charge on any atom is 0.274 e. The Morgan fingerprint density at radius 3 is 2.73 bits per heavy atom. The number of anilines is 2. The molecule has 3 aromatic rings. The number of pyridine rings is 1. The third-order valence-corrected chi connectivity index (χ3v) is 4.69. The van der Waals surface area contributed by atoms with Crippen LogP contribution in [0.1, 0.15) is 28.5 Å². The van der Waals surface area contributed by atoms with Crippen LogP contribution in [0.4, 0.5) is 11.4 Å². The molecule has 2 amide bonds. The second-order valence-electron chi connectivity index (χ2n) is 6.61. The summed E-state index contributed by atoms with van der Waals surface area (Å²) in [5.74, 6) is -0.204. The number of hydrogen-bond acceptors (Lipinski definition) is 3. The Balaban J connectivity index is 1.57. The zero-order chi connectivity index (χ0) is 18.3. The summed E-state index contributed by atoms with van der Waals surface area (Å²) in [6.45, 7) is 4.28. The van der Waals surface area contributed by atoms with Crippen molar-refractivity contribution in [3.63, 3.8) is 0 Å². The highest BCUT2D eigenvalue weighted by Crippen LogP contribution is 2.30. The number of amides is 2. The predicted octanol–water partition coefficient (Wildman–Crippen LogP) is 3.70. The fraction of sp³-hybridized carbons (Fsp3) is 0.190. The van der Waals surface area contributed by atoms with Gasteiger partial charge in [-0.15, -0.1) is 0 Å². The van der Waals surface area contributed by atoms with Gasteiger partial charge >= 0.3 is 0 Å². The monoisotopic (exact) mass is 345 g/mol. The van der Waals surface area contributed by atoms with Crippen LogP contribution in [0, 0.1) is 6.92 Å². The molecular formula is C21H19N3O2. The summed E-state index contributed by atoms with van der Waals surface area (Å²) in [6, 6.07) is 15.2. The van der Waals surface area contributed by atoms with E-state index in [1.807, 2.05) is 49.4 Å². The molecule has 1 aliphatic heterocycles. The van der Waals surface area contributed by atoms with Crippen molar-refractivity contribution in [3.8, 4) is 0 Å².